The minimum atomic E-state index is -3.82. The predicted molar refractivity (Wildman–Crippen MR) is 86.7 cm³/mol. The maximum atomic E-state index is 11.9. The molecule has 1 amide bonds. The van der Waals surface area contributed by atoms with Crippen molar-refractivity contribution in [1.29, 1.82) is 0 Å². The number of halogens is 1. The van der Waals surface area contributed by atoms with Gasteiger partial charge in [0, 0.05) is 6.20 Å². The molecule has 0 spiro atoms. The second-order valence-corrected chi connectivity index (χ2v) is 6.99. The third kappa shape index (κ3) is 5.88. The summed E-state index contributed by atoms with van der Waals surface area (Å²) < 4.78 is 31.0. The lowest BCUT2D eigenvalue weighted by molar-refractivity contribution is -0.121. The van der Waals surface area contributed by atoms with E-state index in [0.29, 0.717) is 11.3 Å². The van der Waals surface area contributed by atoms with Crippen molar-refractivity contribution in [2.24, 2.45) is 0 Å². The standard InChI is InChI=1S/C15H15ClN2O4S/c1-11-3-2-4-13(7-11)22-9-15(19)18-23(20,21)10-12-5-6-14(16)17-8-12/h2-8H,9-10H2,1H3,(H,18,19). The van der Waals surface area contributed by atoms with E-state index in [1.165, 1.54) is 18.3 Å². The van der Waals surface area contributed by atoms with E-state index in [2.05, 4.69) is 4.98 Å². The number of rotatable bonds is 6. The molecule has 0 unspecified atom stereocenters. The Balaban J connectivity index is 1.89. The van der Waals surface area contributed by atoms with Crippen LogP contribution in [0.25, 0.3) is 0 Å². The Kier molecular flexibility index (Phi) is 5.57. The van der Waals surface area contributed by atoms with Crippen LogP contribution in [0.1, 0.15) is 11.1 Å². The molecule has 0 aliphatic heterocycles. The molecule has 1 N–H and O–H groups in total. The van der Waals surface area contributed by atoms with E-state index < -0.39 is 15.9 Å². The second-order valence-electron chi connectivity index (χ2n) is 4.88. The average Bonchev–Trinajstić information content (AvgIpc) is 2.47. The zero-order valence-electron chi connectivity index (χ0n) is 12.3. The average molecular weight is 355 g/mol. The van der Waals surface area contributed by atoms with Crippen molar-refractivity contribution in [3.63, 3.8) is 0 Å². The number of nitrogens with zero attached hydrogens (tertiary/aromatic N) is 1. The molecule has 0 saturated carbocycles. The van der Waals surface area contributed by atoms with Crippen LogP contribution in [0.15, 0.2) is 42.6 Å². The molecule has 122 valence electrons. The number of hydrogen-bond acceptors (Lipinski definition) is 5. The summed E-state index contributed by atoms with van der Waals surface area (Å²) in [6, 6.07) is 10.1. The molecule has 1 aromatic carbocycles. The Morgan fingerprint density at radius 3 is 2.74 bits per heavy atom. The lowest BCUT2D eigenvalue weighted by Crippen LogP contribution is -2.35. The molecular weight excluding hydrogens is 340 g/mol. The number of aromatic nitrogens is 1. The van der Waals surface area contributed by atoms with Crippen molar-refractivity contribution in [2.45, 2.75) is 12.7 Å². The van der Waals surface area contributed by atoms with Gasteiger partial charge in [0.2, 0.25) is 10.0 Å². The number of carbonyl (C=O) groups excluding carboxylic acids is 1. The molecule has 2 rings (SSSR count). The number of ether oxygens (including phenoxy) is 1. The molecule has 0 radical (unpaired) electrons. The number of sulfonamides is 1. The van der Waals surface area contributed by atoms with Crippen molar-refractivity contribution >= 4 is 27.5 Å². The largest absolute Gasteiger partial charge is 0.484 e. The minimum absolute atomic E-state index is 0.265. The number of aryl methyl sites for hydroxylation is 1. The smallest absolute Gasteiger partial charge is 0.271 e. The molecule has 0 saturated heterocycles. The summed E-state index contributed by atoms with van der Waals surface area (Å²) in [6.45, 7) is 1.50. The molecule has 1 aromatic heterocycles. The highest BCUT2D eigenvalue weighted by atomic mass is 35.5. The highest BCUT2D eigenvalue weighted by molar-refractivity contribution is 7.89. The van der Waals surface area contributed by atoms with E-state index in [1.807, 2.05) is 17.7 Å². The van der Waals surface area contributed by atoms with E-state index in [9.17, 15) is 13.2 Å². The third-order valence-corrected chi connectivity index (χ3v) is 4.25. The number of nitrogens with one attached hydrogen (secondary N) is 1. The fourth-order valence-electron chi connectivity index (χ4n) is 1.80. The number of hydrogen-bond donors (Lipinski definition) is 1. The molecular formula is C15H15ClN2O4S. The maximum absolute atomic E-state index is 11.9. The summed E-state index contributed by atoms with van der Waals surface area (Å²) >= 11 is 5.63. The van der Waals surface area contributed by atoms with Crippen LogP contribution < -0.4 is 9.46 Å². The molecule has 8 heteroatoms. The molecule has 0 bridgehead atoms. The van der Waals surface area contributed by atoms with Gasteiger partial charge in [-0.3, -0.25) is 4.79 Å². The Hall–Kier alpha value is -2.12. The molecule has 6 nitrogen and oxygen atoms in total. The van der Waals surface area contributed by atoms with Gasteiger partial charge in [-0.25, -0.2) is 18.1 Å². The van der Waals surface area contributed by atoms with E-state index in [4.69, 9.17) is 16.3 Å². The van der Waals surface area contributed by atoms with Gasteiger partial charge in [-0.2, -0.15) is 0 Å². The maximum Gasteiger partial charge on any atom is 0.271 e. The van der Waals surface area contributed by atoms with Crippen LogP contribution in [-0.4, -0.2) is 25.9 Å². The molecule has 1 heterocycles. The first-order valence-electron chi connectivity index (χ1n) is 6.67. The Labute approximate surface area is 139 Å². The van der Waals surface area contributed by atoms with Gasteiger partial charge in [-0.1, -0.05) is 29.8 Å². The lowest BCUT2D eigenvalue weighted by Gasteiger charge is -2.09. The second kappa shape index (κ2) is 7.43. The topological polar surface area (TPSA) is 85.4 Å². The van der Waals surface area contributed by atoms with Crippen molar-refractivity contribution in [1.82, 2.24) is 9.71 Å². The number of carbonyl (C=O) groups is 1. The van der Waals surface area contributed by atoms with Crippen LogP contribution in [-0.2, 0) is 20.6 Å². The van der Waals surface area contributed by atoms with Crippen molar-refractivity contribution < 1.29 is 17.9 Å². The number of pyridine rings is 1. The third-order valence-electron chi connectivity index (χ3n) is 2.77. The minimum Gasteiger partial charge on any atom is -0.484 e. The SMILES string of the molecule is Cc1cccc(OCC(=O)NS(=O)(=O)Cc2ccc(Cl)nc2)c1. The number of benzene rings is 1. The summed E-state index contributed by atoms with van der Waals surface area (Å²) in [5, 5.41) is 0.265. The fourth-order valence-corrected chi connectivity index (χ4v) is 3.00. The first-order chi connectivity index (χ1) is 10.8. The van der Waals surface area contributed by atoms with Gasteiger partial charge in [-0.15, -0.1) is 0 Å². The molecule has 0 aliphatic rings. The van der Waals surface area contributed by atoms with Crippen LogP contribution >= 0.6 is 11.6 Å². The Bertz CT molecular complexity index is 791. The first kappa shape index (κ1) is 17.2. The van der Waals surface area contributed by atoms with Crippen molar-refractivity contribution in [3.05, 3.63) is 58.9 Å². The Morgan fingerprint density at radius 2 is 2.09 bits per heavy atom. The molecule has 0 fully saturated rings. The highest BCUT2D eigenvalue weighted by Crippen LogP contribution is 2.12. The van der Waals surface area contributed by atoms with Gasteiger partial charge in [0.25, 0.3) is 5.91 Å². The van der Waals surface area contributed by atoms with Gasteiger partial charge in [0.15, 0.2) is 6.61 Å². The summed E-state index contributed by atoms with van der Waals surface area (Å²) in [4.78, 5) is 15.5. The monoisotopic (exact) mass is 354 g/mol. The quantitative estimate of drug-likeness (QED) is 0.802. The summed E-state index contributed by atoms with van der Waals surface area (Å²) in [5.74, 6) is -0.610. The normalized spacial score (nSPS) is 11.0. The summed E-state index contributed by atoms with van der Waals surface area (Å²) in [7, 11) is -3.82. The van der Waals surface area contributed by atoms with Crippen LogP contribution in [0.5, 0.6) is 5.75 Å². The molecule has 0 aliphatic carbocycles. The van der Waals surface area contributed by atoms with Gasteiger partial charge in [-0.05, 0) is 36.2 Å². The van der Waals surface area contributed by atoms with Gasteiger partial charge >= 0.3 is 0 Å². The zero-order chi connectivity index (χ0) is 16.9. The van der Waals surface area contributed by atoms with Crippen LogP contribution in [0.3, 0.4) is 0 Å². The van der Waals surface area contributed by atoms with E-state index >= 15 is 0 Å². The van der Waals surface area contributed by atoms with Crippen molar-refractivity contribution in [3.8, 4) is 5.75 Å². The molecule has 23 heavy (non-hydrogen) atoms. The highest BCUT2D eigenvalue weighted by Gasteiger charge is 2.16. The number of amides is 1. The van der Waals surface area contributed by atoms with E-state index in [1.54, 1.807) is 18.2 Å². The van der Waals surface area contributed by atoms with Gasteiger partial charge < -0.3 is 4.74 Å². The zero-order valence-corrected chi connectivity index (χ0v) is 13.9. The summed E-state index contributed by atoms with van der Waals surface area (Å²) in [6.07, 6.45) is 1.34. The predicted octanol–water partition coefficient (Wildman–Crippen LogP) is 2.07. The van der Waals surface area contributed by atoms with Crippen LogP contribution in [0, 0.1) is 6.92 Å². The van der Waals surface area contributed by atoms with Crippen LogP contribution in [0.4, 0.5) is 0 Å². The van der Waals surface area contributed by atoms with E-state index in [-0.39, 0.29) is 17.5 Å². The lowest BCUT2D eigenvalue weighted by atomic mass is 10.2. The first-order valence-corrected chi connectivity index (χ1v) is 8.70. The Morgan fingerprint density at radius 1 is 1.30 bits per heavy atom. The molecule has 2 aromatic rings. The van der Waals surface area contributed by atoms with Gasteiger partial charge in [0.05, 0.1) is 5.75 Å². The summed E-state index contributed by atoms with van der Waals surface area (Å²) in [5.41, 5.74) is 1.40. The van der Waals surface area contributed by atoms with Gasteiger partial charge in [0.1, 0.15) is 10.9 Å². The fraction of sp³-hybridized carbons (Fsp3) is 0.200. The van der Waals surface area contributed by atoms with Crippen LogP contribution in [0.2, 0.25) is 5.15 Å². The van der Waals surface area contributed by atoms with E-state index in [0.717, 1.165) is 5.56 Å². The molecule has 0 atom stereocenters. The van der Waals surface area contributed by atoms with Crippen molar-refractivity contribution in [2.75, 3.05) is 6.61 Å².